The number of rotatable bonds is 3. The number of nitrogens with one attached hydrogen (secondary N) is 1. The van der Waals surface area contributed by atoms with Gasteiger partial charge in [0.05, 0.1) is 5.60 Å². The molecule has 3 heteroatoms. The van der Waals surface area contributed by atoms with E-state index in [1.807, 2.05) is 6.92 Å². The van der Waals surface area contributed by atoms with E-state index in [1.54, 1.807) is 0 Å². The fourth-order valence-corrected chi connectivity index (χ4v) is 2.68. The summed E-state index contributed by atoms with van der Waals surface area (Å²) in [6.07, 6.45) is 1.69. The third-order valence-corrected chi connectivity index (χ3v) is 4.34. The van der Waals surface area contributed by atoms with Crippen LogP contribution in [0.2, 0.25) is 0 Å². The van der Waals surface area contributed by atoms with Crippen LogP contribution < -0.4 is 10.2 Å². The van der Waals surface area contributed by atoms with Crippen molar-refractivity contribution >= 4 is 5.69 Å². The van der Waals surface area contributed by atoms with Gasteiger partial charge in [0.15, 0.2) is 0 Å². The summed E-state index contributed by atoms with van der Waals surface area (Å²) >= 11 is 0. The summed E-state index contributed by atoms with van der Waals surface area (Å²) in [5, 5.41) is 13.6. The number of benzene rings is 1. The van der Waals surface area contributed by atoms with E-state index < -0.39 is 5.60 Å². The van der Waals surface area contributed by atoms with E-state index in [-0.39, 0.29) is 5.54 Å². The first-order valence-corrected chi connectivity index (χ1v) is 7.98. The monoisotopic (exact) mass is 290 g/mol. The van der Waals surface area contributed by atoms with Gasteiger partial charge in [-0.05, 0) is 70.7 Å². The molecule has 1 saturated heterocycles. The second kappa shape index (κ2) is 5.98. The molecule has 2 rings (SSSR count). The molecule has 0 atom stereocenters. The Morgan fingerprint density at radius 3 is 2.38 bits per heavy atom. The van der Waals surface area contributed by atoms with Crippen molar-refractivity contribution < 1.29 is 5.11 Å². The third-order valence-electron chi connectivity index (χ3n) is 4.34. The molecule has 0 spiro atoms. The predicted octanol–water partition coefficient (Wildman–Crippen LogP) is 3.23. The van der Waals surface area contributed by atoms with E-state index in [9.17, 15) is 5.11 Å². The van der Waals surface area contributed by atoms with Crippen molar-refractivity contribution in [3.63, 3.8) is 0 Å². The zero-order chi connectivity index (χ0) is 15.7. The van der Waals surface area contributed by atoms with Gasteiger partial charge in [-0.1, -0.05) is 6.07 Å². The number of piperidine rings is 1. The Morgan fingerprint density at radius 1 is 1.24 bits per heavy atom. The summed E-state index contributed by atoms with van der Waals surface area (Å²) in [4.78, 5) is 2.38. The van der Waals surface area contributed by atoms with Gasteiger partial charge in [-0.25, -0.2) is 0 Å². The van der Waals surface area contributed by atoms with Crippen molar-refractivity contribution in [1.82, 2.24) is 5.32 Å². The lowest BCUT2D eigenvalue weighted by molar-refractivity contribution is 0.0351. The molecule has 1 aliphatic heterocycles. The molecule has 21 heavy (non-hydrogen) atoms. The second-order valence-corrected chi connectivity index (χ2v) is 7.70. The maximum atomic E-state index is 10.0. The van der Waals surface area contributed by atoms with Gasteiger partial charge in [0.25, 0.3) is 0 Å². The van der Waals surface area contributed by atoms with Gasteiger partial charge in [-0.3, -0.25) is 0 Å². The Labute approximate surface area is 129 Å². The minimum Gasteiger partial charge on any atom is -0.390 e. The summed E-state index contributed by atoms with van der Waals surface area (Å²) in [6.45, 7) is 13.5. The van der Waals surface area contributed by atoms with Crippen LogP contribution in [0, 0.1) is 6.92 Å². The predicted molar refractivity (Wildman–Crippen MR) is 89.8 cm³/mol. The lowest BCUT2D eigenvalue weighted by atomic mass is 9.93. The summed E-state index contributed by atoms with van der Waals surface area (Å²) in [6, 6.07) is 6.72. The molecule has 1 heterocycles. The van der Waals surface area contributed by atoms with Crippen molar-refractivity contribution in [2.45, 2.75) is 65.1 Å². The van der Waals surface area contributed by atoms with E-state index in [0.29, 0.717) is 0 Å². The highest BCUT2D eigenvalue weighted by atomic mass is 16.3. The van der Waals surface area contributed by atoms with Gasteiger partial charge in [-0.2, -0.15) is 0 Å². The van der Waals surface area contributed by atoms with Crippen molar-refractivity contribution in [2.75, 3.05) is 18.0 Å². The SMILES string of the molecule is Cc1cc(N2CCC(C)(O)CC2)ccc1CNC(C)(C)C. The van der Waals surface area contributed by atoms with Gasteiger partial charge in [-0.15, -0.1) is 0 Å². The van der Waals surface area contributed by atoms with E-state index in [4.69, 9.17) is 0 Å². The molecule has 0 amide bonds. The molecule has 0 aliphatic carbocycles. The van der Waals surface area contributed by atoms with Crippen LogP contribution >= 0.6 is 0 Å². The second-order valence-electron chi connectivity index (χ2n) is 7.70. The van der Waals surface area contributed by atoms with Crippen LogP contribution in [0.25, 0.3) is 0 Å². The maximum Gasteiger partial charge on any atom is 0.0653 e. The smallest absolute Gasteiger partial charge is 0.0653 e. The lowest BCUT2D eigenvalue weighted by Crippen LogP contribution is -2.42. The minimum atomic E-state index is -0.484. The van der Waals surface area contributed by atoms with Crippen molar-refractivity contribution in [3.05, 3.63) is 29.3 Å². The summed E-state index contributed by atoms with van der Waals surface area (Å²) in [7, 11) is 0. The zero-order valence-electron chi connectivity index (χ0n) is 14.2. The normalized spacial score (nSPS) is 18.9. The molecule has 1 aliphatic rings. The molecule has 0 bridgehead atoms. The van der Waals surface area contributed by atoms with E-state index >= 15 is 0 Å². The minimum absolute atomic E-state index is 0.142. The van der Waals surface area contributed by atoms with Crippen molar-refractivity contribution in [2.24, 2.45) is 0 Å². The average Bonchev–Trinajstić information content (AvgIpc) is 2.36. The molecule has 1 fully saturated rings. The van der Waals surface area contributed by atoms with Gasteiger partial charge < -0.3 is 15.3 Å². The Morgan fingerprint density at radius 2 is 1.86 bits per heavy atom. The quantitative estimate of drug-likeness (QED) is 0.897. The molecule has 0 saturated carbocycles. The molecule has 0 unspecified atom stereocenters. The molecule has 2 N–H and O–H groups in total. The number of anilines is 1. The Bertz CT molecular complexity index is 478. The van der Waals surface area contributed by atoms with Crippen LogP contribution in [0.1, 0.15) is 51.7 Å². The van der Waals surface area contributed by atoms with Crippen molar-refractivity contribution in [3.8, 4) is 0 Å². The summed E-state index contributed by atoms with van der Waals surface area (Å²) in [5.41, 5.74) is 3.63. The van der Waals surface area contributed by atoms with Crippen LogP contribution in [-0.2, 0) is 6.54 Å². The number of nitrogens with zero attached hydrogens (tertiary/aromatic N) is 1. The number of aryl methyl sites for hydroxylation is 1. The summed E-state index contributed by atoms with van der Waals surface area (Å²) < 4.78 is 0. The first kappa shape index (κ1) is 16.3. The molecule has 3 nitrogen and oxygen atoms in total. The van der Waals surface area contributed by atoms with Crippen molar-refractivity contribution in [1.29, 1.82) is 0 Å². The van der Waals surface area contributed by atoms with E-state index in [1.165, 1.54) is 16.8 Å². The highest BCUT2D eigenvalue weighted by Crippen LogP contribution is 2.27. The Kier molecular flexibility index (Phi) is 4.64. The van der Waals surface area contributed by atoms with Crippen LogP contribution in [-0.4, -0.2) is 29.3 Å². The average molecular weight is 290 g/mol. The van der Waals surface area contributed by atoms with Crippen LogP contribution in [0.4, 0.5) is 5.69 Å². The van der Waals surface area contributed by atoms with Gasteiger partial charge >= 0.3 is 0 Å². The highest BCUT2D eigenvalue weighted by molar-refractivity contribution is 5.51. The largest absolute Gasteiger partial charge is 0.390 e. The van der Waals surface area contributed by atoms with Gasteiger partial charge in [0.2, 0.25) is 0 Å². The highest BCUT2D eigenvalue weighted by Gasteiger charge is 2.27. The standard InChI is InChI=1S/C18H30N2O/c1-14-12-16(20-10-8-18(5,21)9-11-20)7-6-15(14)13-19-17(2,3)4/h6-7,12,19,21H,8-11,13H2,1-5H3. The number of hydrogen-bond donors (Lipinski definition) is 2. The molecule has 0 radical (unpaired) electrons. The maximum absolute atomic E-state index is 10.0. The molecule has 1 aromatic rings. The summed E-state index contributed by atoms with van der Waals surface area (Å²) in [5.74, 6) is 0. The lowest BCUT2D eigenvalue weighted by Gasteiger charge is -2.37. The molecule has 118 valence electrons. The van der Waals surface area contributed by atoms with Crippen LogP contribution in [0.5, 0.6) is 0 Å². The molecule has 1 aromatic carbocycles. The van der Waals surface area contributed by atoms with Crippen LogP contribution in [0.15, 0.2) is 18.2 Å². The van der Waals surface area contributed by atoms with E-state index in [0.717, 1.165) is 32.5 Å². The Hall–Kier alpha value is -1.06. The first-order chi connectivity index (χ1) is 9.66. The first-order valence-electron chi connectivity index (χ1n) is 7.98. The third kappa shape index (κ3) is 4.72. The van der Waals surface area contributed by atoms with E-state index in [2.05, 4.69) is 56.1 Å². The molecular formula is C18H30N2O. The fraction of sp³-hybridized carbons (Fsp3) is 0.667. The van der Waals surface area contributed by atoms with Gasteiger partial charge in [0.1, 0.15) is 0 Å². The zero-order valence-corrected chi connectivity index (χ0v) is 14.2. The van der Waals surface area contributed by atoms with Gasteiger partial charge in [0, 0.05) is 30.9 Å². The topological polar surface area (TPSA) is 35.5 Å². The fourth-order valence-electron chi connectivity index (χ4n) is 2.68. The number of aliphatic hydroxyl groups is 1. The molecule has 0 aromatic heterocycles. The molecular weight excluding hydrogens is 260 g/mol. The van der Waals surface area contributed by atoms with Crippen LogP contribution in [0.3, 0.4) is 0 Å². The Balaban J connectivity index is 2.02. The number of hydrogen-bond acceptors (Lipinski definition) is 3.